The Labute approximate surface area is 280 Å². The van der Waals surface area contributed by atoms with Gasteiger partial charge in [-0.05, 0) is 0 Å². The summed E-state index contributed by atoms with van der Waals surface area (Å²) in [6.07, 6.45) is 0.868. The first kappa shape index (κ1) is 37.8. The molecule has 49 heavy (non-hydrogen) atoms. The van der Waals surface area contributed by atoms with Gasteiger partial charge in [0.25, 0.3) is 0 Å². The molecule has 0 saturated carbocycles. The molecule has 0 N–H and O–H groups in total. The summed E-state index contributed by atoms with van der Waals surface area (Å²) in [7, 11) is 0. The van der Waals surface area contributed by atoms with Crippen LogP contribution in [0, 0.1) is 0 Å². The van der Waals surface area contributed by atoms with Crippen molar-refractivity contribution >= 4 is 18.0 Å². The molecule has 0 spiro atoms. The van der Waals surface area contributed by atoms with Crippen molar-refractivity contribution in [1.29, 1.82) is 0 Å². The fraction of sp³-hybridized carbons (Fsp3) is 0.276. The third kappa shape index (κ3) is 6.84. The van der Waals surface area contributed by atoms with E-state index in [2.05, 4.69) is 39.5 Å². The average Bonchev–Trinajstić information content (AvgIpc) is 3.06. The Balaban J connectivity index is 2.68. The molecule has 0 bridgehead atoms. The van der Waals surface area contributed by atoms with Crippen LogP contribution in [0.4, 0.5) is 0 Å². The van der Waals surface area contributed by atoms with E-state index in [0.717, 1.165) is 0 Å². The van der Waals surface area contributed by atoms with E-state index >= 15 is 0 Å². The van der Waals surface area contributed by atoms with E-state index in [4.69, 9.17) is 11.8 Å². The van der Waals surface area contributed by atoms with Crippen LogP contribution in [0.2, 0.25) is 0 Å². The number of aromatic nitrogens is 9. The first-order chi connectivity index (χ1) is 23.2. The summed E-state index contributed by atoms with van der Waals surface area (Å²) >= 11 is 6.00. The van der Waals surface area contributed by atoms with Crippen molar-refractivity contribution in [2.45, 2.75) is 51.8 Å². The smallest absolute Gasteiger partial charge is 0.247 e. The number of rotatable bonds is 17. The summed E-state index contributed by atoms with van der Waals surface area (Å²) in [6.45, 7) is 18.8. The standard InChI is InChI=1S/C29H34N9O9PS/c1-7-13-30-21(39)31(14-8-2)25(43)36(24(30)42)19-48(49,38-28(46)34(17-11-5)23(41)35(18-12-6)29(38)47)20-37-26(44)32(15-9-3)22(40)33(16-10-4)27(37)45/h7-12H,1-6,13-20H2. The van der Waals surface area contributed by atoms with E-state index in [-0.39, 0.29) is 26.2 Å². The monoisotopic (exact) mass is 715 g/mol. The Bertz CT molecular complexity index is 2240. The maximum atomic E-state index is 14.0. The average molecular weight is 716 g/mol. The zero-order valence-electron chi connectivity index (χ0n) is 26.4. The maximum absolute atomic E-state index is 14.0. The molecule has 260 valence electrons. The van der Waals surface area contributed by atoms with Crippen molar-refractivity contribution in [3.63, 3.8) is 0 Å². The van der Waals surface area contributed by atoms with Gasteiger partial charge in [-0.25, -0.2) is 84.0 Å². The van der Waals surface area contributed by atoms with Crippen LogP contribution in [0.15, 0.2) is 119 Å². The van der Waals surface area contributed by atoms with Gasteiger partial charge in [-0.2, -0.15) is 0 Å². The molecule has 0 atom stereocenters. The lowest BCUT2D eigenvalue weighted by Crippen LogP contribution is -2.57. The van der Waals surface area contributed by atoms with Crippen molar-refractivity contribution in [3.8, 4) is 0 Å². The molecule has 0 radical (unpaired) electrons. The molecular formula is C29H34N9O9PS. The van der Waals surface area contributed by atoms with E-state index in [1.807, 2.05) is 0 Å². The van der Waals surface area contributed by atoms with Gasteiger partial charge in [0.15, 0.2) is 0 Å². The number of hydrogen-bond donors (Lipinski definition) is 0. The fourth-order valence-electron chi connectivity index (χ4n) is 4.86. The summed E-state index contributed by atoms with van der Waals surface area (Å²) in [5, 5.41) is 0. The van der Waals surface area contributed by atoms with E-state index in [0.29, 0.717) is 40.9 Å². The molecule has 0 amide bonds. The van der Waals surface area contributed by atoms with Crippen LogP contribution in [0.5, 0.6) is 0 Å². The molecular weight excluding hydrogens is 681 g/mol. The number of allylic oxidation sites excluding steroid dienone is 6. The third-order valence-corrected chi connectivity index (χ3v) is 10.7. The Morgan fingerprint density at radius 3 is 0.755 bits per heavy atom. The summed E-state index contributed by atoms with van der Waals surface area (Å²) in [5.74, 6) is 0. The molecule has 0 fully saturated rings. The van der Waals surface area contributed by atoms with Crippen LogP contribution < -0.4 is 51.2 Å². The lowest BCUT2D eigenvalue weighted by molar-refractivity contribution is 0.497. The predicted octanol–water partition coefficient (Wildman–Crippen LogP) is -2.18. The molecule has 0 unspecified atom stereocenters. The van der Waals surface area contributed by atoms with Crippen LogP contribution in [-0.2, 0) is 63.6 Å². The van der Waals surface area contributed by atoms with Gasteiger partial charge in [-0.15, -0.1) is 39.5 Å². The zero-order chi connectivity index (χ0) is 36.8. The summed E-state index contributed by atoms with van der Waals surface area (Å²) in [6, 6.07) is 0. The van der Waals surface area contributed by atoms with Gasteiger partial charge in [0, 0.05) is 0 Å². The molecule has 18 nitrogen and oxygen atoms in total. The molecule has 3 aromatic rings. The lowest BCUT2D eigenvalue weighted by Gasteiger charge is -2.27. The molecule has 3 rings (SSSR count). The van der Waals surface area contributed by atoms with Gasteiger partial charge < -0.3 is 0 Å². The van der Waals surface area contributed by atoms with E-state index < -0.39 is 83.1 Å². The SMILES string of the molecule is C=CCn1c(=O)n(CC=C)c(=O)n(CP(=S)(Cn2c(=O)n(CC=C)c(=O)n(CC=C)c2=O)n2c(=O)n(CC=C)c(=O)n(CC=C)c2=O)c1=O. The Morgan fingerprint density at radius 1 is 0.367 bits per heavy atom. The van der Waals surface area contributed by atoms with Crippen LogP contribution in [0.25, 0.3) is 0 Å². The predicted molar refractivity (Wildman–Crippen MR) is 189 cm³/mol. The quantitative estimate of drug-likeness (QED) is 0.109. The topological polar surface area (TPSA) is 198 Å². The Hall–Kier alpha value is -5.68. The second kappa shape index (κ2) is 15.5. The molecule has 3 aromatic heterocycles. The van der Waals surface area contributed by atoms with E-state index in [9.17, 15) is 43.2 Å². The largest absolute Gasteiger partial charge is 0.340 e. The van der Waals surface area contributed by atoms with Crippen molar-refractivity contribution in [2.24, 2.45) is 0 Å². The van der Waals surface area contributed by atoms with Gasteiger partial charge in [-0.3, -0.25) is 0 Å². The molecule has 3 heterocycles. The van der Waals surface area contributed by atoms with Crippen LogP contribution in [0.1, 0.15) is 0 Å². The van der Waals surface area contributed by atoms with Crippen LogP contribution >= 0.6 is 6.19 Å². The second-order valence-electron chi connectivity index (χ2n) is 10.2. The zero-order valence-corrected chi connectivity index (χ0v) is 28.1. The molecule has 20 heteroatoms. The molecule has 0 aliphatic carbocycles. The fourth-order valence-corrected chi connectivity index (χ4v) is 8.53. The molecule has 0 saturated heterocycles. The minimum Gasteiger partial charge on any atom is -0.247 e. The highest BCUT2D eigenvalue weighted by atomic mass is 32.4. The van der Waals surface area contributed by atoms with Gasteiger partial charge in [0.1, 0.15) is 0 Å². The Morgan fingerprint density at radius 2 is 0.551 bits per heavy atom. The minimum absolute atomic E-state index is 0.369. The highest BCUT2D eigenvalue weighted by Crippen LogP contribution is 2.47. The van der Waals surface area contributed by atoms with Crippen LogP contribution in [-0.4, -0.2) is 40.9 Å². The normalized spacial score (nSPS) is 11.2. The Kier molecular flexibility index (Phi) is 11.9. The van der Waals surface area contributed by atoms with E-state index in [1.54, 1.807) is 0 Å². The van der Waals surface area contributed by atoms with Crippen molar-refractivity contribution in [1.82, 2.24) is 40.9 Å². The van der Waals surface area contributed by atoms with Crippen molar-refractivity contribution < 1.29 is 0 Å². The number of nitrogens with zero attached hydrogens (tertiary/aromatic N) is 9. The maximum Gasteiger partial charge on any atom is 0.340 e. The van der Waals surface area contributed by atoms with Gasteiger partial charge >= 0.3 is 51.2 Å². The van der Waals surface area contributed by atoms with Crippen molar-refractivity contribution in [3.05, 3.63) is 170 Å². The summed E-state index contributed by atoms with van der Waals surface area (Å²) in [5.41, 5.74) is -10.6. The second-order valence-corrected chi connectivity index (χ2v) is 14.9. The van der Waals surface area contributed by atoms with Gasteiger partial charge in [0.2, 0.25) is 0 Å². The lowest BCUT2D eigenvalue weighted by atomic mass is 10.5. The third-order valence-electron chi connectivity index (χ3n) is 7.02. The van der Waals surface area contributed by atoms with Crippen LogP contribution in [0.3, 0.4) is 0 Å². The summed E-state index contributed by atoms with van der Waals surface area (Å²) < 4.78 is 5.22. The van der Waals surface area contributed by atoms with E-state index in [1.165, 1.54) is 36.5 Å². The molecule has 0 aliphatic rings. The van der Waals surface area contributed by atoms with Gasteiger partial charge in [-0.1, -0.05) is 48.3 Å². The number of hydrogen-bond acceptors (Lipinski definition) is 10. The molecule has 0 aromatic carbocycles. The van der Waals surface area contributed by atoms with Crippen molar-refractivity contribution in [2.75, 3.05) is 0 Å². The highest BCUT2D eigenvalue weighted by molar-refractivity contribution is 8.12. The highest BCUT2D eigenvalue weighted by Gasteiger charge is 2.33. The minimum atomic E-state index is -4.36. The summed E-state index contributed by atoms with van der Waals surface area (Å²) in [4.78, 5) is 122. The first-order valence-electron chi connectivity index (χ1n) is 14.3. The molecule has 0 aliphatic heterocycles. The van der Waals surface area contributed by atoms with Gasteiger partial charge in [0.05, 0.1) is 58.0 Å². The first-order valence-corrected chi connectivity index (χ1v) is 17.4.